The molecule has 0 bridgehead atoms. The van der Waals surface area contributed by atoms with Crippen molar-refractivity contribution < 1.29 is 11.3 Å². The van der Waals surface area contributed by atoms with Gasteiger partial charge in [-0.2, -0.15) is 0 Å². The van der Waals surface area contributed by atoms with Crippen LogP contribution in [-0.2, 0) is 6.37 Å². The zero-order chi connectivity index (χ0) is 29.6. The summed E-state index contributed by atoms with van der Waals surface area (Å²) >= 11 is 0. The van der Waals surface area contributed by atoms with Crippen LogP contribution < -0.4 is 0 Å². The Hall–Kier alpha value is -4.17. The van der Waals surface area contributed by atoms with Gasteiger partial charge in [-0.25, -0.2) is 0 Å². The Kier molecular flexibility index (Phi) is 3.70. The van der Waals surface area contributed by atoms with Crippen molar-refractivity contribution in [3.8, 4) is 11.3 Å². The van der Waals surface area contributed by atoms with E-state index in [1.807, 2.05) is 42.5 Å². The predicted molar refractivity (Wildman–Crippen MR) is 157 cm³/mol. The quantitative estimate of drug-likeness (QED) is 0.228. The summed E-state index contributed by atoms with van der Waals surface area (Å²) in [5, 5.41) is 8.43. The van der Waals surface area contributed by atoms with Crippen LogP contribution in [0.25, 0.3) is 65.5 Å². The van der Waals surface area contributed by atoms with Crippen molar-refractivity contribution in [3.05, 3.63) is 102 Å². The molecule has 0 saturated carbocycles. The minimum absolute atomic E-state index is 0.0618. The summed E-state index contributed by atoms with van der Waals surface area (Å²) in [4.78, 5) is 4.67. The number of benzene rings is 5. The van der Waals surface area contributed by atoms with Gasteiger partial charge in [-0.1, -0.05) is 81.4 Å². The Morgan fingerprint density at radius 2 is 1.46 bits per heavy atom. The summed E-state index contributed by atoms with van der Waals surface area (Å²) < 4.78 is 48.8. The Bertz CT molecular complexity index is 2200. The molecule has 0 atom stereocenters. The lowest BCUT2D eigenvalue weighted by Gasteiger charge is -2.20. The maximum atomic E-state index is 9.03. The highest BCUT2D eigenvalue weighted by Crippen LogP contribution is 2.44. The van der Waals surface area contributed by atoms with Crippen molar-refractivity contribution in [2.75, 3.05) is 0 Å². The third-order valence-corrected chi connectivity index (χ3v) is 7.05. The van der Waals surface area contributed by atoms with Crippen LogP contribution in [0.2, 0.25) is 0 Å². The fraction of sp³-hybridized carbons (Fsp3) is 0.171. The van der Waals surface area contributed by atoms with Gasteiger partial charge in [0.1, 0.15) is 11.2 Å². The number of hydrogen-bond donors (Lipinski definition) is 0. The third-order valence-electron chi connectivity index (χ3n) is 7.05. The van der Waals surface area contributed by atoms with E-state index < -0.39 is 18.6 Å². The lowest BCUT2D eigenvalue weighted by molar-refractivity contribution is 0.410. The van der Waals surface area contributed by atoms with E-state index in [1.54, 1.807) is 26.8 Å². The van der Waals surface area contributed by atoms with Crippen molar-refractivity contribution >= 4 is 54.3 Å². The van der Waals surface area contributed by atoms with Gasteiger partial charge in [-0.3, -0.25) is 4.98 Å². The van der Waals surface area contributed by atoms with Crippen molar-refractivity contribution in [1.29, 1.82) is 0 Å². The second kappa shape index (κ2) is 7.91. The second-order valence-electron chi connectivity index (χ2n) is 10.7. The average molecular weight is 485 g/mol. The number of para-hydroxylation sites is 1. The molecule has 0 saturated heterocycles. The molecular formula is C35H29NO. The van der Waals surface area contributed by atoms with Crippen molar-refractivity contribution in [1.82, 2.24) is 4.98 Å². The van der Waals surface area contributed by atoms with E-state index in [9.17, 15) is 0 Å². The molecule has 2 aromatic heterocycles. The second-order valence-corrected chi connectivity index (χ2v) is 10.7. The van der Waals surface area contributed by atoms with Gasteiger partial charge < -0.3 is 4.42 Å². The van der Waals surface area contributed by atoms with E-state index in [1.165, 1.54) is 6.20 Å². The zero-order valence-corrected chi connectivity index (χ0v) is 21.0. The van der Waals surface area contributed by atoms with Crippen LogP contribution in [0.15, 0.2) is 95.5 Å². The Labute approximate surface area is 223 Å². The fourth-order valence-corrected chi connectivity index (χ4v) is 5.63. The molecule has 0 radical (unpaired) electrons. The van der Waals surface area contributed by atoms with E-state index in [0.29, 0.717) is 5.69 Å². The van der Waals surface area contributed by atoms with E-state index in [-0.39, 0.29) is 11.1 Å². The van der Waals surface area contributed by atoms with Crippen LogP contribution in [0.4, 0.5) is 0 Å². The molecule has 2 nitrogen and oxygen atoms in total. The normalized spacial score (nSPS) is 15.2. The van der Waals surface area contributed by atoms with E-state index in [0.717, 1.165) is 59.8 Å². The number of furan rings is 1. The third kappa shape index (κ3) is 3.43. The molecule has 2 heteroatoms. The first-order valence-electron chi connectivity index (χ1n) is 15.1. The molecule has 0 fully saturated rings. The van der Waals surface area contributed by atoms with Crippen LogP contribution >= 0.6 is 0 Å². The minimum Gasteiger partial charge on any atom is -0.456 e. The van der Waals surface area contributed by atoms with Crippen LogP contribution in [0.5, 0.6) is 0 Å². The molecule has 0 N–H and O–H groups in total. The van der Waals surface area contributed by atoms with E-state index in [2.05, 4.69) is 41.4 Å². The fourth-order valence-electron chi connectivity index (χ4n) is 5.63. The van der Waals surface area contributed by atoms with Crippen LogP contribution in [0.1, 0.15) is 38.8 Å². The average Bonchev–Trinajstić information content (AvgIpc) is 3.34. The van der Waals surface area contributed by atoms with E-state index >= 15 is 0 Å². The van der Waals surface area contributed by atoms with E-state index in [4.69, 9.17) is 11.3 Å². The lowest BCUT2D eigenvalue weighted by atomic mass is 9.85. The van der Waals surface area contributed by atoms with Gasteiger partial charge >= 0.3 is 0 Å². The number of rotatable bonds is 2. The zero-order valence-electron chi connectivity index (χ0n) is 26.0. The van der Waals surface area contributed by atoms with Crippen LogP contribution in [0.3, 0.4) is 0 Å². The highest BCUT2D eigenvalue weighted by molar-refractivity contribution is 6.36. The molecule has 0 aliphatic rings. The smallest absolute Gasteiger partial charge is 0.136 e. The first-order valence-corrected chi connectivity index (χ1v) is 12.6. The number of aromatic nitrogens is 1. The Morgan fingerprint density at radius 3 is 2.27 bits per heavy atom. The minimum atomic E-state index is -2.50. The van der Waals surface area contributed by atoms with Gasteiger partial charge in [0.15, 0.2) is 0 Å². The molecule has 0 aliphatic heterocycles. The monoisotopic (exact) mass is 484 g/mol. The van der Waals surface area contributed by atoms with Gasteiger partial charge in [0.05, 0.1) is 5.69 Å². The Balaban J connectivity index is 1.65. The summed E-state index contributed by atoms with van der Waals surface area (Å²) in [6.07, 6.45) is -0.583. The number of pyridine rings is 1. The molecule has 0 aliphatic carbocycles. The SMILES string of the molecule is [2H]C([2H])([2H])c1cnc(-c2cccc3c4ccccc4c4c(ccc5oc6ccccc6c54)c23)cc1C([2H])([2H])C(C)(C)C. The molecular weight excluding hydrogens is 450 g/mol. The number of hydrogen-bond acceptors (Lipinski definition) is 2. The topological polar surface area (TPSA) is 26.0 Å². The number of fused-ring (bicyclic) bond motifs is 10. The highest BCUT2D eigenvalue weighted by atomic mass is 16.3. The Morgan fingerprint density at radius 1 is 0.730 bits per heavy atom. The number of nitrogens with zero attached hydrogens (tertiary/aromatic N) is 1. The molecule has 0 amide bonds. The highest BCUT2D eigenvalue weighted by Gasteiger charge is 2.19. The van der Waals surface area contributed by atoms with Gasteiger partial charge in [-0.05, 0) is 81.0 Å². The molecule has 5 aromatic carbocycles. The van der Waals surface area contributed by atoms with Gasteiger partial charge in [0.25, 0.3) is 0 Å². The van der Waals surface area contributed by atoms with Crippen molar-refractivity contribution in [3.63, 3.8) is 0 Å². The summed E-state index contributed by atoms with van der Waals surface area (Å²) in [6.45, 7) is 2.85. The molecule has 2 heterocycles. The van der Waals surface area contributed by atoms with Crippen LogP contribution in [-0.4, -0.2) is 4.98 Å². The summed E-state index contributed by atoms with van der Waals surface area (Å²) in [5.41, 5.74) is 2.23. The molecule has 180 valence electrons. The first-order chi connectivity index (χ1) is 19.9. The largest absolute Gasteiger partial charge is 0.456 e. The molecule has 0 spiro atoms. The molecule has 7 rings (SSSR count). The maximum absolute atomic E-state index is 9.03. The maximum Gasteiger partial charge on any atom is 0.136 e. The molecule has 0 unspecified atom stereocenters. The summed E-state index contributed by atoms with van der Waals surface area (Å²) in [6, 6.07) is 28.2. The molecule has 7 aromatic rings. The predicted octanol–water partition coefficient (Wildman–Crippen LogP) is 10.0. The van der Waals surface area contributed by atoms with Crippen molar-refractivity contribution in [2.45, 2.75) is 34.0 Å². The summed E-state index contributed by atoms with van der Waals surface area (Å²) in [5.74, 6) is 0. The van der Waals surface area contributed by atoms with Gasteiger partial charge in [-0.15, -0.1) is 0 Å². The van der Waals surface area contributed by atoms with Gasteiger partial charge in [0.2, 0.25) is 0 Å². The first kappa shape index (κ1) is 17.3. The van der Waals surface area contributed by atoms with Crippen molar-refractivity contribution in [2.24, 2.45) is 5.41 Å². The molecule has 37 heavy (non-hydrogen) atoms. The van der Waals surface area contributed by atoms with Crippen LogP contribution in [0, 0.1) is 12.3 Å². The standard InChI is InChI=1S/C35H29NO/c1-21-20-36-29(18-22(21)19-35(2,3)4)26-14-9-13-24-23-10-5-6-11-25(23)33-28(32(24)26)16-17-31-34(33)27-12-7-8-15-30(27)37-31/h5-18,20H,19H2,1-4H3/i1D3,19D2. The lowest BCUT2D eigenvalue weighted by Crippen LogP contribution is -2.10. The number of aryl methyl sites for hydroxylation is 1. The summed E-state index contributed by atoms with van der Waals surface area (Å²) in [7, 11) is 0. The van der Waals surface area contributed by atoms with Gasteiger partial charge in [0, 0.05) is 34.8 Å².